The van der Waals surface area contributed by atoms with Gasteiger partial charge in [0.15, 0.2) is 0 Å². The van der Waals surface area contributed by atoms with Gasteiger partial charge in [0.1, 0.15) is 11.5 Å². The molecule has 0 spiro atoms. The molecule has 0 aliphatic carbocycles. The Bertz CT molecular complexity index is 488. The Hall–Kier alpha value is -1.31. The standard InChI is InChI=1S/C11H18N2O4S/c1-17-10-3-4-11(14)9(7-10)8-13-5-2-6-18(12,15)16/h3-4,7,13-14H,2,5-6,8H2,1H3,(H2,12,15,16). The molecular weight excluding hydrogens is 256 g/mol. The van der Waals surface area contributed by atoms with Crippen LogP contribution in [0, 0.1) is 0 Å². The van der Waals surface area contributed by atoms with E-state index in [0.29, 0.717) is 30.8 Å². The molecule has 0 aromatic heterocycles. The molecule has 0 saturated carbocycles. The second-order valence-electron chi connectivity index (χ2n) is 3.89. The molecule has 0 radical (unpaired) electrons. The summed E-state index contributed by atoms with van der Waals surface area (Å²) in [4.78, 5) is 0. The van der Waals surface area contributed by atoms with Gasteiger partial charge in [-0.1, -0.05) is 0 Å². The summed E-state index contributed by atoms with van der Waals surface area (Å²) in [6.07, 6.45) is 0.434. The van der Waals surface area contributed by atoms with Gasteiger partial charge >= 0.3 is 0 Å². The number of aromatic hydroxyl groups is 1. The summed E-state index contributed by atoms with van der Waals surface area (Å²) in [6.45, 7) is 0.945. The average molecular weight is 274 g/mol. The first-order valence-corrected chi connectivity index (χ1v) is 7.21. The van der Waals surface area contributed by atoms with Crippen molar-refractivity contribution in [1.82, 2.24) is 5.32 Å². The Kier molecular flexibility index (Phi) is 5.39. The van der Waals surface area contributed by atoms with Crippen LogP contribution in [0.5, 0.6) is 11.5 Å². The van der Waals surface area contributed by atoms with E-state index in [1.807, 2.05) is 0 Å². The molecule has 0 aliphatic rings. The number of ether oxygens (including phenoxy) is 1. The normalized spacial score (nSPS) is 11.4. The fraction of sp³-hybridized carbons (Fsp3) is 0.455. The number of hydrogen-bond acceptors (Lipinski definition) is 5. The molecule has 4 N–H and O–H groups in total. The minimum absolute atomic E-state index is 0.0515. The highest BCUT2D eigenvalue weighted by molar-refractivity contribution is 7.89. The van der Waals surface area contributed by atoms with Crippen LogP contribution < -0.4 is 15.2 Å². The summed E-state index contributed by atoms with van der Waals surface area (Å²) in [7, 11) is -1.85. The number of hydrogen-bond donors (Lipinski definition) is 3. The highest BCUT2D eigenvalue weighted by Crippen LogP contribution is 2.22. The zero-order chi connectivity index (χ0) is 13.6. The van der Waals surface area contributed by atoms with E-state index in [1.165, 1.54) is 0 Å². The molecule has 0 amide bonds. The lowest BCUT2D eigenvalue weighted by Gasteiger charge is -2.08. The van der Waals surface area contributed by atoms with E-state index < -0.39 is 10.0 Å². The summed E-state index contributed by atoms with van der Waals surface area (Å²) < 4.78 is 26.4. The fourth-order valence-corrected chi connectivity index (χ4v) is 2.00. The number of phenolic OH excluding ortho intramolecular Hbond substituents is 1. The summed E-state index contributed by atoms with van der Waals surface area (Å²) >= 11 is 0. The summed E-state index contributed by atoms with van der Waals surface area (Å²) in [6, 6.07) is 4.95. The molecule has 0 atom stereocenters. The third-order valence-electron chi connectivity index (χ3n) is 2.38. The zero-order valence-electron chi connectivity index (χ0n) is 10.2. The summed E-state index contributed by atoms with van der Waals surface area (Å²) in [5.41, 5.74) is 0.699. The van der Waals surface area contributed by atoms with E-state index >= 15 is 0 Å². The molecule has 18 heavy (non-hydrogen) atoms. The Morgan fingerprint density at radius 2 is 2.17 bits per heavy atom. The maximum Gasteiger partial charge on any atom is 0.209 e. The molecule has 6 nitrogen and oxygen atoms in total. The lowest BCUT2D eigenvalue weighted by atomic mass is 10.2. The number of primary sulfonamides is 1. The van der Waals surface area contributed by atoms with Gasteiger partial charge in [-0.2, -0.15) is 0 Å². The Labute approximate surface area is 107 Å². The van der Waals surface area contributed by atoms with Gasteiger partial charge in [-0.3, -0.25) is 0 Å². The van der Waals surface area contributed by atoms with Gasteiger partial charge in [-0.05, 0) is 31.2 Å². The van der Waals surface area contributed by atoms with Crippen molar-refractivity contribution in [3.8, 4) is 11.5 Å². The fourth-order valence-electron chi connectivity index (χ4n) is 1.45. The summed E-state index contributed by atoms with van der Waals surface area (Å²) in [5.74, 6) is 0.785. The predicted octanol–water partition coefficient (Wildman–Crippen LogP) is 0.169. The topological polar surface area (TPSA) is 102 Å². The van der Waals surface area contributed by atoms with Crippen molar-refractivity contribution in [2.45, 2.75) is 13.0 Å². The molecule has 102 valence electrons. The first-order chi connectivity index (χ1) is 8.42. The maximum absolute atomic E-state index is 10.7. The van der Waals surface area contributed by atoms with E-state index in [2.05, 4.69) is 5.32 Å². The number of nitrogens with one attached hydrogen (secondary N) is 1. The molecule has 0 aliphatic heterocycles. The largest absolute Gasteiger partial charge is 0.508 e. The highest BCUT2D eigenvalue weighted by Gasteiger charge is 2.04. The number of sulfonamides is 1. The zero-order valence-corrected chi connectivity index (χ0v) is 11.0. The van der Waals surface area contributed by atoms with Gasteiger partial charge in [0.05, 0.1) is 12.9 Å². The first kappa shape index (κ1) is 14.7. The van der Waals surface area contributed by atoms with E-state index in [-0.39, 0.29) is 11.5 Å². The smallest absolute Gasteiger partial charge is 0.209 e. The van der Waals surface area contributed by atoms with Crippen LogP contribution >= 0.6 is 0 Å². The van der Waals surface area contributed by atoms with Crippen LogP contribution in [-0.4, -0.2) is 32.9 Å². The molecule has 1 aromatic rings. The second kappa shape index (κ2) is 6.58. The van der Waals surface area contributed by atoms with Crippen molar-refractivity contribution in [1.29, 1.82) is 0 Å². The summed E-state index contributed by atoms with van der Waals surface area (Å²) in [5, 5.41) is 17.5. The van der Waals surface area contributed by atoms with E-state index in [0.717, 1.165) is 0 Å². The van der Waals surface area contributed by atoms with Crippen molar-refractivity contribution in [3.05, 3.63) is 23.8 Å². The number of methoxy groups -OCH3 is 1. The lowest BCUT2D eigenvalue weighted by Crippen LogP contribution is -2.22. The number of rotatable bonds is 7. The molecular formula is C11H18N2O4S. The Morgan fingerprint density at radius 1 is 1.44 bits per heavy atom. The molecule has 0 saturated heterocycles. The lowest BCUT2D eigenvalue weighted by molar-refractivity contribution is 0.410. The van der Waals surface area contributed by atoms with Crippen LogP contribution in [0.25, 0.3) is 0 Å². The van der Waals surface area contributed by atoms with Gasteiger partial charge in [-0.15, -0.1) is 0 Å². The van der Waals surface area contributed by atoms with Crippen LogP contribution in [0.4, 0.5) is 0 Å². The van der Waals surface area contributed by atoms with Crippen LogP contribution in [0.15, 0.2) is 18.2 Å². The van der Waals surface area contributed by atoms with E-state index in [9.17, 15) is 13.5 Å². The number of nitrogens with two attached hydrogens (primary N) is 1. The van der Waals surface area contributed by atoms with Gasteiger partial charge in [0, 0.05) is 12.1 Å². The number of phenols is 1. The molecule has 1 aromatic carbocycles. The quantitative estimate of drug-likeness (QED) is 0.615. The monoisotopic (exact) mass is 274 g/mol. The van der Waals surface area contributed by atoms with Crippen molar-refractivity contribution in [2.75, 3.05) is 19.4 Å². The Balaban J connectivity index is 2.39. The van der Waals surface area contributed by atoms with Gasteiger partial charge < -0.3 is 15.2 Å². The van der Waals surface area contributed by atoms with E-state index in [1.54, 1.807) is 25.3 Å². The van der Waals surface area contributed by atoms with Crippen molar-refractivity contribution in [3.63, 3.8) is 0 Å². The van der Waals surface area contributed by atoms with Gasteiger partial charge in [-0.25, -0.2) is 13.6 Å². The van der Waals surface area contributed by atoms with Crippen LogP contribution in [0.1, 0.15) is 12.0 Å². The first-order valence-electron chi connectivity index (χ1n) is 5.49. The molecule has 0 fully saturated rings. The minimum atomic E-state index is -3.40. The molecule has 1 rings (SSSR count). The van der Waals surface area contributed by atoms with Crippen LogP contribution in [0.3, 0.4) is 0 Å². The third kappa shape index (κ3) is 5.35. The molecule has 0 unspecified atom stereocenters. The predicted molar refractivity (Wildman–Crippen MR) is 69.0 cm³/mol. The average Bonchev–Trinajstić information content (AvgIpc) is 2.29. The Morgan fingerprint density at radius 3 is 2.78 bits per heavy atom. The van der Waals surface area contributed by atoms with Crippen LogP contribution in [0.2, 0.25) is 0 Å². The highest BCUT2D eigenvalue weighted by atomic mass is 32.2. The molecule has 0 heterocycles. The maximum atomic E-state index is 10.7. The van der Waals surface area contributed by atoms with Crippen LogP contribution in [-0.2, 0) is 16.6 Å². The second-order valence-corrected chi connectivity index (χ2v) is 5.63. The van der Waals surface area contributed by atoms with Crippen molar-refractivity contribution < 1.29 is 18.3 Å². The number of benzene rings is 1. The SMILES string of the molecule is COc1ccc(O)c(CNCCCS(N)(=O)=O)c1. The minimum Gasteiger partial charge on any atom is -0.508 e. The van der Waals surface area contributed by atoms with Crippen molar-refractivity contribution >= 4 is 10.0 Å². The third-order valence-corrected chi connectivity index (χ3v) is 3.24. The van der Waals surface area contributed by atoms with Crippen molar-refractivity contribution in [2.24, 2.45) is 5.14 Å². The molecule has 7 heteroatoms. The molecule has 0 bridgehead atoms. The van der Waals surface area contributed by atoms with Gasteiger partial charge in [0.25, 0.3) is 0 Å². The van der Waals surface area contributed by atoms with E-state index in [4.69, 9.17) is 9.88 Å². The van der Waals surface area contributed by atoms with Gasteiger partial charge in [0.2, 0.25) is 10.0 Å².